The van der Waals surface area contributed by atoms with Gasteiger partial charge in [0.25, 0.3) is 5.69 Å². The van der Waals surface area contributed by atoms with Crippen LogP contribution >= 0.6 is 0 Å². The number of phenolic OH excluding ortho intramolecular Hbond substituents is 2. The molecule has 0 aliphatic heterocycles. The number of rotatable bonds is 10. The van der Waals surface area contributed by atoms with Gasteiger partial charge in [-0.1, -0.05) is 59.7 Å². The highest BCUT2D eigenvalue weighted by Crippen LogP contribution is 2.47. The van der Waals surface area contributed by atoms with Crippen molar-refractivity contribution >= 4 is 78.4 Å². The van der Waals surface area contributed by atoms with Crippen LogP contribution in [0.4, 0.5) is 56.9 Å². The highest BCUT2D eigenvalue weighted by atomic mass is 16.6. The molecule has 71 heavy (non-hydrogen) atoms. The maximum absolute atomic E-state index is 11.5. The third-order valence-corrected chi connectivity index (χ3v) is 11.1. The summed E-state index contributed by atoms with van der Waals surface area (Å²) in [6, 6.07) is 27.8. The van der Waals surface area contributed by atoms with Gasteiger partial charge in [0.05, 0.1) is 50.1 Å². The molecular formula is C54H60N12O5. The lowest BCUT2D eigenvalue weighted by Crippen LogP contribution is -1.94. The van der Waals surface area contributed by atoms with Crippen molar-refractivity contribution < 1.29 is 20.2 Å². The van der Waals surface area contributed by atoms with Crippen molar-refractivity contribution in [1.82, 2.24) is 9.78 Å². The molecular weight excluding hydrogens is 897 g/mol. The van der Waals surface area contributed by atoms with Crippen molar-refractivity contribution in [1.29, 1.82) is 0 Å². The number of aromatic hydroxyl groups is 3. The Morgan fingerprint density at radius 3 is 1.68 bits per heavy atom. The summed E-state index contributed by atoms with van der Waals surface area (Å²) < 4.78 is 1.41. The molecule has 0 spiro atoms. The molecule has 0 aliphatic rings. The number of anilines is 1. The van der Waals surface area contributed by atoms with Crippen molar-refractivity contribution in [2.45, 2.75) is 90.0 Å². The van der Waals surface area contributed by atoms with Crippen molar-refractivity contribution in [3.63, 3.8) is 0 Å². The van der Waals surface area contributed by atoms with E-state index in [0.29, 0.717) is 78.4 Å². The zero-order valence-electron chi connectivity index (χ0n) is 42.4. The Hall–Kier alpha value is -8.73. The number of benzene rings is 7. The second kappa shape index (κ2) is 23.5. The van der Waals surface area contributed by atoms with E-state index in [1.165, 1.54) is 22.9 Å². The number of azo groups is 4. The molecule has 0 saturated carbocycles. The molecule has 1 heterocycles. The van der Waals surface area contributed by atoms with Crippen LogP contribution in [0, 0.1) is 58.6 Å². The largest absolute Gasteiger partial charge is 0.505 e. The maximum Gasteiger partial charge on any atom is 0.269 e. The van der Waals surface area contributed by atoms with Crippen LogP contribution in [0.1, 0.15) is 80.6 Å². The Morgan fingerprint density at radius 1 is 0.521 bits per heavy atom. The number of non-ortho nitro benzene ring substituents is 1. The molecule has 8 aromatic rings. The molecule has 17 heteroatoms. The molecule has 0 bridgehead atoms. The average Bonchev–Trinajstić information content (AvgIpc) is 3.66. The summed E-state index contributed by atoms with van der Waals surface area (Å²) in [5.74, 6) is -0.339. The maximum atomic E-state index is 11.5. The number of phenols is 2. The summed E-state index contributed by atoms with van der Waals surface area (Å²) >= 11 is 0. The minimum absolute atomic E-state index is 0.0411. The number of hydrogen-bond donors (Lipinski definition) is 4. The standard InChI is InChI=1S/C48H42N12O5.3C2H6/c1-24-23-40(42(49)41-35(24)21-27(4)44(47(41)62)56-51-38-17-14-33(60(64)65)20-26(38)3)54-53-39-18-15-34-36(29(39)6)22-28(5)43(46(34)61)55-50-31-13-16-37(25(2)19-31)52-57-45-30(7)58-59(48(45)63)32-11-9-8-10-12-32;3*1-2/h8-23,61-63H,49H2,1-7H3;3*1-2H3. The summed E-state index contributed by atoms with van der Waals surface area (Å²) in [6.45, 7) is 24.7. The normalized spacial score (nSPS) is 11.3. The van der Waals surface area contributed by atoms with Gasteiger partial charge in [-0.25, -0.2) is 0 Å². The van der Waals surface area contributed by atoms with E-state index in [1.807, 2.05) is 112 Å². The third kappa shape index (κ3) is 11.3. The number of nitrogens with two attached hydrogens (primary N) is 1. The molecule has 7 aromatic carbocycles. The van der Waals surface area contributed by atoms with E-state index in [9.17, 15) is 25.4 Å². The second-order valence-corrected chi connectivity index (χ2v) is 15.6. The van der Waals surface area contributed by atoms with Gasteiger partial charge >= 0.3 is 0 Å². The van der Waals surface area contributed by atoms with Crippen LogP contribution in [0.15, 0.2) is 138 Å². The van der Waals surface area contributed by atoms with Gasteiger partial charge in [0.15, 0.2) is 17.2 Å². The van der Waals surface area contributed by atoms with Gasteiger partial charge in [-0.15, -0.1) is 20.5 Å². The fourth-order valence-corrected chi connectivity index (χ4v) is 7.49. The number of nitrogens with zero attached hydrogens (tertiary/aromatic N) is 11. The summed E-state index contributed by atoms with van der Waals surface area (Å²) in [4.78, 5) is 10.7. The lowest BCUT2D eigenvalue weighted by molar-refractivity contribution is -0.384. The first-order valence-corrected chi connectivity index (χ1v) is 23.3. The molecule has 5 N–H and O–H groups in total. The molecule has 0 amide bonds. The van der Waals surface area contributed by atoms with Gasteiger partial charge in [-0.05, 0) is 159 Å². The molecule has 0 unspecified atom stereocenters. The molecule has 0 fully saturated rings. The van der Waals surface area contributed by atoms with E-state index in [0.717, 1.165) is 22.1 Å². The van der Waals surface area contributed by atoms with Gasteiger partial charge in [0.2, 0.25) is 5.88 Å². The smallest absolute Gasteiger partial charge is 0.269 e. The number of hydrogen-bond acceptors (Lipinski definition) is 15. The number of nitro groups is 1. The van der Waals surface area contributed by atoms with E-state index < -0.39 is 4.92 Å². The molecule has 0 saturated heterocycles. The summed E-state index contributed by atoms with van der Waals surface area (Å²) in [5, 5.41) is 87.0. The molecule has 0 radical (unpaired) electrons. The SMILES string of the molecule is CC.CC.CC.Cc1cc([N+](=O)[O-])ccc1N=Nc1c(C)cc2c(C)cc(N=Nc3ccc4c(O)c(N=Nc5ccc(N=Nc6c(C)nn(-c7ccccc7)c6O)c(C)c5)c(C)cc4c3C)c(N)c2c1O. The Bertz CT molecular complexity index is 3380. The van der Waals surface area contributed by atoms with Crippen molar-refractivity contribution in [2.24, 2.45) is 40.9 Å². The number of nitrogen functional groups attached to an aromatic ring is 1. The number of fused-ring (bicyclic) bond motifs is 2. The van der Waals surface area contributed by atoms with Crippen LogP contribution in [-0.4, -0.2) is 30.0 Å². The van der Waals surface area contributed by atoms with E-state index in [1.54, 1.807) is 57.2 Å². The van der Waals surface area contributed by atoms with Crippen LogP contribution < -0.4 is 5.73 Å². The van der Waals surface area contributed by atoms with Gasteiger partial charge in [0.1, 0.15) is 17.1 Å². The molecule has 8 rings (SSSR count). The van der Waals surface area contributed by atoms with E-state index in [4.69, 9.17) is 5.73 Å². The van der Waals surface area contributed by atoms with Crippen LogP contribution in [0.3, 0.4) is 0 Å². The molecule has 0 atom stereocenters. The zero-order chi connectivity index (χ0) is 52.3. The predicted octanol–water partition coefficient (Wildman–Crippen LogP) is 17.7. The minimum atomic E-state index is -0.480. The van der Waals surface area contributed by atoms with Crippen LogP contribution in [0.2, 0.25) is 0 Å². The van der Waals surface area contributed by atoms with E-state index in [-0.39, 0.29) is 40.1 Å². The first-order valence-electron chi connectivity index (χ1n) is 23.3. The third-order valence-electron chi connectivity index (χ3n) is 11.1. The number of nitro benzene ring substituents is 1. The molecule has 366 valence electrons. The van der Waals surface area contributed by atoms with Gasteiger partial charge < -0.3 is 21.1 Å². The highest BCUT2D eigenvalue weighted by molar-refractivity contribution is 6.07. The molecule has 0 aliphatic carbocycles. The summed E-state index contributed by atoms with van der Waals surface area (Å²) in [7, 11) is 0. The zero-order valence-corrected chi connectivity index (χ0v) is 42.4. The Kier molecular flexibility index (Phi) is 17.6. The summed E-state index contributed by atoms with van der Waals surface area (Å²) in [5.41, 5.74) is 15.4. The lowest BCUT2D eigenvalue weighted by Gasteiger charge is -2.14. The first-order chi connectivity index (χ1) is 34.1. The van der Waals surface area contributed by atoms with Crippen LogP contribution in [0.25, 0.3) is 27.2 Å². The first kappa shape index (κ1) is 53.2. The Balaban J connectivity index is 0.00000151. The predicted molar refractivity (Wildman–Crippen MR) is 284 cm³/mol. The van der Waals surface area contributed by atoms with E-state index >= 15 is 0 Å². The van der Waals surface area contributed by atoms with Crippen LogP contribution in [-0.2, 0) is 0 Å². The van der Waals surface area contributed by atoms with Gasteiger partial charge in [-0.3, -0.25) is 10.1 Å². The summed E-state index contributed by atoms with van der Waals surface area (Å²) in [6.07, 6.45) is 0. The lowest BCUT2D eigenvalue weighted by atomic mass is 9.98. The molecule has 1 aromatic heterocycles. The van der Waals surface area contributed by atoms with Crippen molar-refractivity contribution in [2.75, 3.05) is 5.73 Å². The van der Waals surface area contributed by atoms with Crippen LogP contribution in [0.5, 0.6) is 17.4 Å². The topological polar surface area (TPSA) is 247 Å². The second-order valence-electron chi connectivity index (χ2n) is 15.6. The fourth-order valence-electron chi connectivity index (χ4n) is 7.49. The Morgan fingerprint density at radius 2 is 1.06 bits per heavy atom. The number of para-hydroxylation sites is 1. The molecule has 17 nitrogen and oxygen atoms in total. The average molecular weight is 957 g/mol. The number of aromatic nitrogens is 2. The van der Waals surface area contributed by atoms with Gasteiger partial charge in [-0.2, -0.15) is 30.2 Å². The fraction of sp³-hybridized carbons (Fsp3) is 0.241. The van der Waals surface area contributed by atoms with Crippen molar-refractivity contribution in [3.05, 3.63) is 146 Å². The number of aryl methyl sites for hydroxylation is 7. The monoisotopic (exact) mass is 956 g/mol. The van der Waals surface area contributed by atoms with Crippen molar-refractivity contribution in [3.8, 4) is 23.1 Å². The Labute approximate surface area is 413 Å². The quantitative estimate of drug-likeness (QED) is 0.0446. The van der Waals surface area contributed by atoms with Gasteiger partial charge in [0, 0.05) is 17.5 Å². The van der Waals surface area contributed by atoms with E-state index in [2.05, 4.69) is 46.0 Å². The minimum Gasteiger partial charge on any atom is -0.505 e. The highest BCUT2D eigenvalue weighted by Gasteiger charge is 2.20.